The van der Waals surface area contributed by atoms with E-state index in [9.17, 15) is 19.2 Å². The molecular formula is C29H35N3O6. The van der Waals surface area contributed by atoms with Crippen molar-refractivity contribution in [2.24, 2.45) is 0 Å². The monoisotopic (exact) mass is 521 g/mol. The van der Waals surface area contributed by atoms with Gasteiger partial charge >= 0.3 is 12.1 Å². The van der Waals surface area contributed by atoms with Crippen molar-refractivity contribution >= 4 is 23.9 Å². The van der Waals surface area contributed by atoms with Crippen molar-refractivity contribution in [3.63, 3.8) is 0 Å². The summed E-state index contributed by atoms with van der Waals surface area (Å²) >= 11 is 0. The molecule has 202 valence electrons. The van der Waals surface area contributed by atoms with Gasteiger partial charge in [0.2, 0.25) is 0 Å². The highest BCUT2D eigenvalue weighted by atomic mass is 16.6. The summed E-state index contributed by atoms with van der Waals surface area (Å²) in [5.41, 5.74) is 3.34. The predicted octanol–water partition coefficient (Wildman–Crippen LogP) is 4.00. The number of carbonyl (C=O) groups is 4. The average Bonchev–Trinajstić information content (AvgIpc) is 3.25. The first-order chi connectivity index (χ1) is 18.3. The van der Waals surface area contributed by atoms with E-state index in [4.69, 9.17) is 9.47 Å². The highest BCUT2D eigenvalue weighted by molar-refractivity contribution is 6.09. The molecule has 1 atom stereocenters. The van der Waals surface area contributed by atoms with Gasteiger partial charge in [-0.05, 0) is 50.8 Å². The molecule has 9 heteroatoms. The molecule has 2 aliphatic heterocycles. The Morgan fingerprint density at radius 2 is 1.68 bits per heavy atom. The molecule has 4 rings (SSSR count). The second kappa shape index (κ2) is 12.1. The van der Waals surface area contributed by atoms with Gasteiger partial charge in [0.25, 0.3) is 11.8 Å². The number of ether oxygens (including phenoxy) is 2. The number of fused-ring (bicyclic) bond motifs is 1. The molecule has 0 unspecified atom stereocenters. The molecular weight excluding hydrogens is 486 g/mol. The van der Waals surface area contributed by atoms with Crippen molar-refractivity contribution < 1.29 is 28.7 Å². The van der Waals surface area contributed by atoms with Crippen LogP contribution in [0.3, 0.4) is 0 Å². The quantitative estimate of drug-likeness (QED) is 0.527. The molecule has 2 aromatic carbocycles. The van der Waals surface area contributed by atoms with Crippen molar-refractivity contribution in [3.8, 4) is 0 Å². The predicted molar refractivity (Wildman–Crippen MR) is 141 cm³/mol. The fraction of sp³-hybridized carbons (Fsp3) is 0.448. The normalized spacial score (nSPS) is 16.1. The zero-order valence-electron chi connectivity index (χ0n) is 22.2. The maximum Gasteiger partial charge on any atom is 0.409 e. The molecule has 0 spiro atoms. The van der Waals surface area contributed by atoms with Gasteiger partial charge in [-0.2, -0.15) is 0 Å². The number of nitrogens with zero attached hydrogens (tertiary/aromatic N) is 2. The maximum absolute atomic E-state index is 13.6. The Morgan fingerprint density at radius 3 is 2.34 bits per heavy atom. The summed E-state index contributed by atoms with van der Waals surface area (Å²) in [6, 6.07) is 12.3. The van der Waals surface area contributed by atoms with E-state index in [1.54, 1.807) is 35.8 Å². The zero-order chi connectivity index (χ0) is 27.2. The molecule has 0 radical (unpaired) electrons. The van der Waals surface area contributed by atoms with Gasteiger partial charge in [-0.15, -0.1) is 0 Å². The molecule has 9 nitrogen and oxygen atoms in total. The van der Waals surface area contributed by atoms with Gasteiger partial charge in [-0.3, -0.25) is 14.4 Å². The van der Waals surface area contributed by atoms with Crippen molar-refractivity contribution in [1.82, 2.24) is 15.1 Å². The van der Waals surface area contributed by atoms with Crippen LogP contribution in [0.25, 0.3) is 0 Å². The molecule has 0 aromatic heterocycles. The second-order valence-corrected chi connectivity index (χ2v) is 9.64. The van der Waals surface area contributed by atoms with Gasteiger partial charge in [0.1, 0.15) is 0 Å². The van der Waals surface area contributed by atoms with Crippen LogP contribution in [0.1, 0.15) is 76.6 Å². The summed E-state index contributed by atoms with van der Waals surface area (Å²) in [6.07, 6.45) is 0.952. The van der Waals surface area contributed by atoms with Gasteiger partial charge in [0.05, 0.1) is 36.8 Å². The topological polar surface area (TPSA) is 105 Å². The summed E-state index contributed by atoms with van der Waals surface area (Å²) in [5.74, 6) is -1.00. The van der Waals surface area contributed by atoms with E-state index < -0.39 is 17.9 Å². The lowest BCUT2D eigenvalue weighted by atomic mass is 9.99. The second-order valence-electron chi connectivity index (χ2n) is 9.64. The van der Waals surface area contributed by atoms with E-state index in [0.717, 1.165) is 16.7 Å². The van der Waals surface area contributed by atoms with Crippen molar-refractivity contribution in [1.29, 1.82) is 0 Å². The summed E-state index contributed by atoms with van der Waals surface area (Å²) in [4.78, 5) is 54.9. The number of piperidine rings is 1. The van der Waals surface area contributed by atoms with Crippen LogP contribution in [0.5, 0.6) is 0 Å². The molecule has 38 heavy (non-hydrogen) atoms. The highest BCUT2D eigenvalue weighted by Crippen LogP contribution is 2.31. The number of hydrogen-bond donors (Lipinski definition) is 1. The standard InChI is InChI=1S/C29H35N3O6/c1-4-37-25(33)17-24(20-11-9-19(3)10-12-20)30-27(34)23-8-6-7-21-18-32(28(35)26(21)23)22-13-15-31(16-14-22)29(36)38-5-2/h6-12,22,24H,4-5,13-18H2,1-3H3,(H,30,34)/t24-/m1/s1. The lowest BCUT2D eigenvalue weighted by Gasteiger charge is -2.36. The lowest BCUT2D eigenvalue weighted by Crippen LogP contribution is -2.47. The van der Waals surface area contributed by atoms with Crippen molar-refractivity contribution in [2.45, 2.75) is 58.7 Å². The smallest absolute Gasteiger partial charge is 0.409 e. The minimum absolute atomic E-state index is 0.0171. The number of esters is 1. The van der Waals surface area contributed by atoms with E-state index in [0.29, 0.717) is 50.2 Å². The third-order valence-electron chi connectivity index (χ3n) is 7.10. The number of aryl methyl sites for hydroxylation is 1. The molecule has 1 fully saturated rings. The summed E-state index contributed by atoms with van der Waals surface area (Å²) < 4.78 is 10.2. The Balaban J connectivity index is 1.50. The Kier molecular flexibility index (Phi) is 8.66. The first-order valence-corrected chi connectivity index (χ1v) is 13.2. The van der Waals surface area contributed by atoms with Gasteiger partial charge in [-0.1, -0.05) is 42.0 Å². The van der Waals surface area contributed by atoms with E-state index in [1.807, 2.05) is 37.3 Å². The van der Waals surface area contributed by atoms with Gasteiger partial charge in [-0.25, -0.2) is 4.79 Å². The summed E-state index contributed by atoms with van der Waals surface area (Å²) in [5, 5.41) is 2.96. The van der Waals surface area contributed by atoms with Crippen LogP contribution in [0, 0.1) is 6.92 Å². The first-order valence-electron chi connectivity index (χ1n) is 13.2. The third kappa shape index (κ3) is 5.98. The van der Waals surface area contributed by atoms with Crippen LogP contribution in [-0.2, 0) is 20.8 Å². The number of hydrogen-bond acceptors (Lipinski definition) is 6. The molecule has 0 aliphatic carbocycles. The SMILES string of the molecule is CCOC(=O)C[C@@H](NC(=O)c1cccc2c1C(=O)N(C1CCN(C(=O)OCC)CC1)C2)c1ccc(C)cc1. The molecule has 2 heterocycles. The number of rotatable bonds is 8. The number of benzene rings is 2. The summed E-state index contributed by atoms with van der Waals surface area (Å²) in [6.45, 7) is 7.52. The average molecular weight is 522 g/mol. The summed E-state index contributed by atoms with van der Waals surface area (Å²) in [7, 11) is 0. The van der Waals surface area contributed by atoms with Crippen LogP contribution in [0.4, 0.5) is 4.79 Å². The van der Waals surface area contributed by atoms with Crippen LogP contribution in [-0.4, -0.2) is 66.0 Å². The number of nitrogens with one attached hydrogen (secondary N) is 1. The van der Waals surface area contributed by atoms with E-state index in [2.05, 4.69) is 5.32 Å². The fourth-order valence-electron chi connectivity index (χ4n) is 5.12. The fourth-order valence-corrected chi connectivity index (χ4v) is 5.12. The van der Waals surface area contributed by atoms with Gasteiger partial charge in [0, 0.05) is 25.7 Å². The Labute approximate surface area is 223 Å². The maximum atomic E-state index is 13.6. The number of carbonyl (C=O) groups excluding carboxylic acids is 4. The first kappa shape index (κ1) is 27.2. The van der Waals surface area contributed by atoms with E-state index in [-0.39, 0.29) is 31.1 Å². The Hall–Kier alpha value is -3.88. The molecule has 0 bridgehead atoms. The minimum atomic E-state index is -0.599. The van der Waals surface area contributed by atoms with Gasteiger partial charge in [0.15, 0.2) is 0 Å². The van der Waals surface area contributed by atoms with E-state index in [1.165, 1.54) is 0 Å². The van der Waals surface area contributed by atoms with Crippen LogP contribution < -0.4 is 5.32 Å². The molecule has 2 aliphatic rings. The largest absolute Gasteiger partial charge is 0.466 e. The number of likely N-dealkylation sites (tertiary alicyclic amines) is 1. The molecule has 0 saturated carbocycles. The molecule has 2 aromatic rings. The molecule has 1 saturated heterocycles. The van der Waals surface area contributed by atoms with Crippen molar-refractivity contribution in [3.05, 3.63) is 70.3 Å². The third-order valence-corrected chi connectivity index (χ3v) is 7.10. The van der Waals surface area contributed by atoms with Crippen LogP contribution >= 0.6 is 0 Å². The Bertz CT molecular complexity index is 1190. The van der Waals surface area contributed by atoms with Crippen LogP contribution in [0.15, 0.2) is 42.5 Å². The van der Waals surface area contributed by atoms with E-state index >= 15 is 0 Å². The van der Waals surface area contributed by atoms with Crippen LogP contribution in [0.2, 0.25) is 0 Å². The lowest BCUT2D eigenvalue weighted by molar-refractivity contribution is -0.143. The minimum Gasteiger partial charge on any atom is -0.466 e. The molecule has 1 N–H and O–H groups in total. The highest BCUT2D eigenvalue weighted by Gasteiger charge is 2.38. The number of amides is 3. The van der Waals surface area contributed by atoms with Crippen molar-refractivity contribution in [2.75, 3.05) is 26.3 Å². The van der Waals surface area contributed by atoms with Gasteiger partial charge < -0.3 is 24.6 Å². The Morgan fingerprint density at radius 1 is 1.00 bits per heavy atom. The zero-order valence-corrected chi connectivity index (χ0v) is 22.2. The molecule has 3 amide bonds.